The van der Waals surface area contributed by atoms with Crippen molar-refractivity contribution in [3.05, 3.63) is 61.3 Å². The third kappa shape index (κ3) is 3.02. The summed E-state index contributed by atoms with van der Waals surface area (Å²) in [5, 5.41) is 3.05. The Morgan fingerprint density at radius 2 is 2.00 bits per heavy atom. The number of aromatic nitrogens is 5. The highest BCUT2D eigenvalue weighted by atomic mass is 32.1. The van der Waals surface area contributed by atoms with Gasteiger partial charge in [0.2, 0.25) is 5.91 Å². The maximum absolute atomic E-state index is 13.1. The average Bonchev–Trinajstić information content (AvgIpc) is 3.48. The van der Waals surface area contributed by atoms with Gasteiger partial charge in [0.1, 0.15) is 6.54 Å². The fourth-order valence-electron chi connectivity index (χ4n) is 4.06. The topological polar surface area (TPSA) is 95.0 Å². The van der Waals surface area contributed by atoms with Gasteiger partial charge in [-0.2, -0.15) is 0 Å². The number of nitrogens with zero attached hydrogens (tertiary/aromatic N) is 6. The maximum atomic E-state index is 13.1. The minimum Gasteiger partial charge on any atom is -0.315 e. The van der Waals surface area contributed by atoms with Gasteiger partial charge in [0.05, 0.1) is 17.0 Å². The van der Waals surface area contributed by atoms with Crippen molar-refractivity contribution < 1.29 is 4.79 Å². The summed E-state index contributed by atoms with van der Waals surface area (Å²) in [4.78, 5) is 48.3. The molecule has 31 heavy (non-hydrogen) atoms. The number of aryl methyl sites for hydroxylation is 2. The maximum Gasteiger partial charge on any atom is 0.332 e. The lowest BCUT2D eigenvalue weighted by atomic mass is 10.1. The van der Waals surface area contributed by atoms with Gasteiger partial charge in [-0.3, -0.25) is 18.7 Å². The first-order valence-corrected chi connectivity index (χ1v) is 10.7. The van der Waals surface area contributed by atoms with Gasteiger partial charge < -0.3 is 9.47 Å². The third-order valence-corrected chi connectivity index (χ3v) is 6.49. The number of imidazole rings is 1. The van der Waals surface area contributed by atoms with Crippen molar-refractivity contribution in [1.29, 1.82) is 0 Å². The summed E-state index contributed by atoms with van der Waals surface area (Å²) in [6.45, 7) is 2.53. The molecule has 0 aliphatic carbocycles. The Morgan fingerprint density at radius 3 is 2.74 bits per heavy atom. The zero-order valence-electron chi connectivity index (χ0n) is 17.3. The van der Waals surface area contributed by atoms with Gasteiger partial charge in [0.15, 0.2) is 11.2 Å². The standard InChI is InChI=1S/C21H20N6O3S/c1-12-23-15(10-31-12)13-4-5-16-14(8-13)6-7-27(16)17(28)9-26-11-22-19-18(26)20(29)25(3)21(30)24(19)2/h4-5,8,10-11H,6-7,9H2,1-3H3. The molecular formula is C21H20N6O3S. The summed E-state index contributed by atoms with van der Waals surface area (Å²) in [6.07, 6.45) is 2.20. The molecule has 4 heterocycles. The molecule has 1 amide bonds. The molecule has 158 valence electrons. The van der Waals surface area contributed by atoms with Gasteiger partial charge in [-0.05, 0) is 31.0 Å². The molecule has 9 nitrogen and oxygen atoms in total. The molecule has 0 radical (unpaired) electrons. The van der Waals surface area contributed by atoms with Crippen molar-refractivity contribution in [3.63, 3.8) is 0 Å². The fraction of sp³-hybridized carbons (Fsp3) is 0.286. The van der Waals surface area contributed by atoms with E-state index in [1.807, 2.05) is 24.4 Å². The van der Waals surface area contributed by atoms with Crippen LogP contribution in [-0.4, -0.2) is 36.1 Å². The van der Waals surface area contributed by atoms with E-state index in [-0.39, 0.29) is 23.6 Å². The van der Waals surface area contributed by atoms with Crippen LogP contribution in [-0.2, 0) is 31.9 Å². The SMILES string of the molecule is Cc1nc(-c2ccc3c(c2)CCN3C(=O)Cn2cnc3c2c(=O)n(C)c(=O)n3C)cs1. The van der Waals surface area contributed by atoms with E-state index in [9.17, 15) is 14.4 Å². The summed E-state index contributed by atoms with van der Waals surface area (Å²) in [6, 6.07) is 6.03. The lowest BCUT2D eigenvalue weighted by molar-refractivity contribution is -0.119. The Morgan fingerprint density at radius 1 is 1.19 bits per heavy atom. The number of carbonyl (C=O) groups is 1. The van der Waals surface area contributed by atoms with Crippen LogP contribution >= 0.6 is 11.3 Å². The molecule has 0 N–H and O–H groups in total. The van der Waals surface area contributed by atoms with E-state index in [1.54, 1.807) is 23.3 Å². The largest absolute Gasteiger partial charge is 0.332 e. The predicted molar refractivity (Wildman–Crippen MR) is 119 cm³/mol. The number of rotatable bonds is 3. The first kappa shape index (κ1) is 19.4. The van der Waals surface area contributed by atoms with E-state index in [0.29, 0.717) is 6.54 Å². The molecule has 3 aromatic heterocycles. The van der Waals surface area contributed by atoms with Gasteiger partial charge in [0.25, 0.3) is 5.56 Å². The molecule has 5 rings (SSSR count). The Kier molecular flexibility index (Phi) is 4.40. The molecule has 0 fully saturated rings. The predicted octanol–water partition coefficient (Wildman–Crippen LogP) is 1.45. The van der Waals surface area contributed by atoms with Crippen LogP contribution in [0, 0.1) is 6.92 Å². The van der Waals surface area contributed by atoms with Gasteiger partial charge in [-0.25, -0.2) is 14.8 Å². The van der Waals surface area contributed by atoms with E-state index in [1.165, 1.54) is 22.5 Å². The number of anilines is 1. The van der Waals surface area contributed by atoms with Crippen molar-refractivity contribution in [3.8, 4) is 11.3 Å². The van der Waals surface area contributed by atoms with Gasteiger partial charge in [0, 0.05) is 37.3 Å². The zero-order chi connectivity index (χ0) is 21.9. The molecular weight excluding hydrogens is 416 g/mol. The highest BCUT2D eigenvalue weighted by Crippen LogP contribution is 2.33. The van der Waals surface area contributed by atoms with Crippen molar-refractivity contribution in [1.82, 2.24) is 23.7 Å². The monoisotopic (exact) mass is 436 g/mol. The fourth-order valence-corrected chi connectivity index (χ4v) is 4.69. The van der Waals surface area contributed by atoms with Crippen molar-refractivity contribution in [2.45, 2.75) is 19.9 Å². The van der Waals surface area contributed by atoms with Gasteiger partial charge in [-0.1, -0.05) is 6.07 Å². The molecule has 1 aliphatic heterocycles. The van der Waals surface area contributed by atoms with Crippen LogP contribution in [0.15, 0.2) is 39.5 Å². The van der Waals surface area contributed by atoms with Crippen molar-refractivity contribution >= 4 is 34.1 Å². The van der Waals surface area contributed by atoms with E-state index in [4.69, 9.17) is 0 Å². The van der Waals surface area contributed by atoms with Crippen LogP contribution in [0.5, 0.6) is 0 Å². The lowest BCUT2D eigenvalue weighted by Gasteiger charge is -2.18. The first-order chi connectivity index (χ1) is 14.8. The van der Waals surface area contributed by atoms with Crippen LogP contribution in [0.3, 0.4) is 0 Å². The number of benzene rings is 1. The summed E-state index contributed by atoms with van der Waals surface area (Å²) in [5.74, 6) is -0.133. The summed E-state index contributed by atoms with van der Waals surface area (Å²) < 4.78 is 3.85. The Bertz CT molecular complexity index is 1470. The Labute approximate surface area is 180 Å². The normalized spacial score (nSPS) is 13.2. The minimum atomic E-state index is -0.464. The van der Waals surface area contributed by atoms with Crippen LogP contribution in [0.2, 0.25) is 0 Å². The van der Waals surface area contributed by atoms with Crippen LogP contribution in [0.25, 0.3) is 22.4 Å². The molecule has 1 aromatic carbocycles. The molecule has 0 spiro atoms. The highest BCUT2D eigenvalue weighted by Gasteiger charge is 2.26. The van der Waals surface area contributed by atoms with E-state index < -0.39 is 11.2 Å². The average molecular weight is 436 g/mol. The molecule has 4 aromatic rings. The van der Waals surface area contributed by atoms with Crippen LogP contribution in [0.4, 0.5) is 5.69 Å². The Balaban J connectivity index is 1.46. The quantitative estimate of drug-likeness (QED) is 0.485. The highest BCUT2D eigenvalue weighted by molar-refractivity contribution is 7.09. The smallest absolute Gasteiger partial charge is 0.315 e. The molecule has 0 unspecified atom stereocenters. The lowest BCUT2D eigenvalue weighted by Crippen LogP contribution is -2.38. The number of fused-ring (bicyclic) bond motifs is 2. The third-order valence-electron chi connectivity index (χ3n) is 5.71. The second kappa shape index (κ2) is 7.02. The molecule has 0 saturated carbocycles. The summed E-state index contributed by atoms with van der Waals surface area (Å²) in [5.41, 5.74) is 3.57. The molecule has 1 aliphatic rings. The second-order valence-electron chi connectivity index (χ2n) is 7.64. The van der Waals surface area contributed by atoms with Crippen LogP contribution in [0.1, 0.15) is 10.6 Å². The number of amides is 1. The first-order valence-electron chi connectivity index (χ1n) is 9.82. The van der Waals surface area contributed by atoms with Crippen molar-refractivity contribution in [2.75, 3.05) is 11.4 Å². The Hall–Kier alpha value is -3.53. The van der Waals surface area contributed by atoms with Crippen LogP contribution < -0.4 is 16.1 Å². The van der Waals surface area contributed by atoms with Gasteiger partial charge >= 0.3 is 5.69 Å². The van der Waals surface area contributed by atoms with E-state index >= 15 is 0 Å². The number of carbonyl (C=O) groups excluding carboxylic acids is 1. The molecule has 0 saturated heterocycles. The number of thiazole rings is 1. The van der Waals surface area contributed by atoms with Crippen molar-refractivity contribution in [2.24, 2.45) is 14.1 Å². The molecule has 0 bridgehead atoms. The van der Waals surface area contributed by atoms with E-state index in [2.05, 4.69) is 16.0 Å². The second-order valence-corrected chi connectivity index (χ2v) is 8.70. The summed E-state index contributed by atoms with van der Waals surface area (Å²) in [7, 11) is 2.98. The number of hydrogen-bond donors (Lipinski definition) is 0. The zero-order valence-corrected chi connectivity index (χ0v) is 18.1. The van der Waals surface area contributed by atoms with Gasteiger partial charge in [-0.15, -0.1) is 11.3 Å². The summed E-state index contributed by atoms with van der Waals surface area (Å²) >= 11 is 1.61. The molecule has 10 heteroatoms. The van der Waals surface area contributed by atoms with E-state index in [0.717, 1.165) is 38.5 Å². The minimum absolute atomic E-state index is 0.0313. The molecule has 0 atom stereocenters. The number of hydrogen-bond acceptors (Lipinski definition) is 6.